The van der Waals surface area contributed by atoms with Crippen LogP contribution in [0.4, 0.5) is 0 Å². The zero-order chi connectivity index (χ0) is 17.7. The first-order valence-corrected chi connectivity index (χ1v) is 8.55. The highest BCUT2D eigenvalue weighted by Gasteiger charge is 2.45. The number of ether oxygens (including phenoxy) is 1. The molecule has 1 N–H and O–H groups in total. The number of carboxylic acid groups (broad SMARTS) is 1. The summed E-state index contributed by atoms with van der Waals surface area (Å²) in [6.45, 7) is 1.97. The Morgan fingerprint density at radius 3 is 2.46 bits per heavy atom. The van der Waals surface area contributed by atoms with Crippen molar-refractivity contribution in [3.8, 4) is 5.75 Å². The van der Waals surface area contributed by atoms with Gasteiger partial charge in [0.2, 0.25) is 5.91 Å². The highest BCUT2D eigenvalue weighted by Crippen LogP contribution is 2.35. The Morgan fingerprint density at radius 2 is 1.88 bits per heavy atom. The number of rotatable bonds is 6. The molecule has 0 aliphatic heterocycles. The number of hydrogen-bond acceptors (Lipinski definition) is 3. The molecule has 5 heteroatoms. The molecule has 0 saturated heterocycles. The molecule has 5 nitrogen and oxygen atoms in total. The van der Waals surface area contributed by atoms with Crippen molar-refractivity contribution < 1.29 is 19.4 Å². The fourth-order valence-electron chi connectivity index (χ4n) is 3.65. The van der Waals surface area contributed by atoms with Gasteiger partial charge in [-0.3, -0.25) is 4.79 Å². The number of carboxylic acids is 1. The van der Waals surface area contributed by atoms with E-state index in [9.17, 15) is 14.7 Å². The molecule has 1 saturated carbocycles. The van der Waals surface area contributed by atoms with Crippen LogP contribution in [0.1, 0.15) is 56.9 Å². The predicted molar refractivity (Wildman–Crippen MR) is 92.2 cm³/mol. The average Bonchev–Trinajstić information content (AvgIpc) is 2.61. The van der Waals surface area contributed by atoms with Crippen LogP contribution in [0, 0.1) is 0 Å². The first kappa shape index (κ1) is 18.3. The smallest absolute Gasteiger partial charge is 0.329 e. The monoisotopic (exact) mass is 333 g/mol. The van der Waals surface area contributed by atoms with E-state index in [1.165, 1.54) is 4.90 Å². The molecule has 2 rings (SSSR count). The SMILES string of the molecule is COc1ccccc1C(C)CC(=O)N(C)C1(C(=O)O)CCCCC1. The van der Waals surface area contributed by atoms with Crippen LogP contribution < -0.4 is 4.74 Å². The van der Waals surface area contributed by atoms with Gasteiger partial charge in [-0.1, -0.05) is 44.4 Å². The van der Waals surface area contributed by atoms with Gasteiger partial charge in [0.05, 0.1) is 7.11 Å². The second-order valence-corrected chi connectivity index (χ2v) is 6.70. The fraction of sp³-hybridized carbons (Fsp3) is 0.579. The van der Waals surface area contributed by atoms with Gasteiger partial charge in [-0.15, -0.1) is 0 Å². The fourth-order valence-corrected chi connectivity index (χ4v) is 3.65. The maximum Gasteiger partial charge on any atom is 0.329 e. The maximum absolute atomic E-state index is 12.8. The summed E-state index contributed by atoms with van der Waals surface area (Å²) in [5, 5.41) is 9.73. The molecule has 0 radical (unpaired) electrons. The average molecular weight is 333 g/mol. The van der Waals surface area contributed by atoms with Crippen molar-refractivity contribution in [3.63, 3.8) is 0 Å². The van der Waals surface area contributed by atoms with Crippen LogP contribution in [0.3, 0.4) is 0 Å². The van der Waals surface area contributed by atoms with Crippen LogP contribution in [0.5, 0.6) is 5.75 Å². The molecule has 1 aromatic rings. The molecule has 1 aromatic carbocycles. The summed E-state index contributed by atoms with van der Waals surface area (Å²) in [4.78, 5) is 26.1. The van der Waals surface area contributed by atoms with Crippen LogP contribution in [-0.2, 0) is 9.59 Å². The number of carbonyl (C=O) groups excluding carboxylic acids is 1. The first-order valence-electron chi connectivity index (χ1n) is 8.55. The summed E-state index contributed by atoms with van der Waals surface area (Å²) in [7, 11) is 3.25. The Labute approximate surface area is 143 Å². The number of para-hydroxylation sites is 1. The number of benzene rings is 1. The van der Waals surface area contributed by atoms with E-state index in [4.69, 9.17) is 4.74 Å². The lowest BCUT2D eigenvalue weighted by atomic mass is 9.80. The lowest BCUT2D eigenvalue weighted by molar-refractivity contribution is -0.160. The van der Waals surface area contributed by atoms with Crippen LogP contribution in [0.25, 0.3) is 0 Å². The molecule has 1 aliphatic rings. The minimum absolute atomic E-state index is 0.0365. The molecule has 0 aromatic heterocycles. The van der Waals surface area contributed by atoms with Crippen molar-refractivity contribution in [2.75, 3.05) is 14.2 Å². The van der Waals surface area contributed by atoms with E-state index in [0.717, 1.165) is 30.6 Å². The van der Waals surface area contributed by atoms with Crippen molar-refractivity contribution in [3.05, 3.63) is 29.8 Å². The van der Waals surface area contributed by atoms with Gasteiger partial charge in [0.1, 0.15) is 11.3 Å². The van der Waals surface area contributed by atoms with Gasteiger partial charge in [-0.2, -0.15) is 0 Å². The molecule has 0 spiro atoms. The molecule has 1 atom stereocenters. The molecular weight excluding hydrogens is 306 g/mol. The van der Waals surface area contributed by atoms with Gasteiger partial charge in [-0.05, 0) is 30.4 Å². The minimum atomic E-state index is -1.05. The third-order valence-electron chi connectivity index (χ3n) is 5.25. The van der Waals surface area contributed by atoms with Gasteiger partial charge in [0.15, 0.2) is 0 Å². The summed E-state index contributed by atoms with van der Waals surface area (Å²) >= 11 is 0. The zero-order valence-corrected chi connectivity index (χ0v) is 14.7. The van der Waals surface area contributed by atoms with Gasteiger partial charge in [0.25, 0.3) is 0 Å². The zero-order valence-electron chi connectivity index (χ0n) is 14.7. The van der Waals surface area contributed by atoms with Gasteiger partial charge < -0.3 is 14.7 Å². The molecule has 1 unspecified atom stereocenters. The summed E-state index contributed by atoms with van der Waals surface area (Å²) in [5.41, 5.74) is -0.0784. The van der Waals surface area contributed by atoms with E-state index in [2.05, 4.69) is 0 Å². The molecule has 0 heterocycles. The number of carbonyl (C=O) groups is 2. The van der Waals surface area contributed by atoms with E-state index in [1.807, 2.05) is 31.2 Å². The van der Waals surface area contributed by atoms with E-state index >= 15 is 0 Å². The quantitative estimate of drug-likeness (QED) is 0.866. The van der Waals surface area contributed by atoms with Gasteiger partial charge >= 0.3 is 5.97 Å². The molecule has 1 fully saturated rings. The second kappa shape index (κ2) is 7.69. The Hall–Kier alpha value is -2.04. The molecule has 1 amide bonds. The third-order valence-corrected chi connectivity index (χ3v) is 5.25. The topological polar surface area (TPSA) is 66.8 Å². The van der Waals surface area contributed by atoms with E-state index < -0.39 is 11.5 Å². The standard InChI is InChI=1S/C19H27NO4/c1-14(15-9-5-6-10-16(15)24-3)13-17(21)20(2)19(18(22)23)11-7-4-8-12-19/h5-6,9-10,14H,4,7-8,11-13H2,1-3H3,(H,22,23). The van der Waals surface area contributed by atoms with E-state index in [0.29, 0.717) is 12.8 Å². The van der Waals surface area contributed by atoms with Gasteiger partial charge in [0, 0.05) is 13.5 Å². The lowest BCUT2D eigenvalue weighted by Gasteiger charge is -2.41. The molecular formula is C19H27NO4. The molecule has 1 aliphatic carbocycles. The van der Waals surface area contributed by atoms with Crippen molar-refractivity contribution in [1.82, 2.24) is 4.90 Å². The number of aliphatic carboxylic acids is 1. The molecule has 132 valence electrons. The Bertz CT molecular complexity index is 593. The Kier molecular flexibility index (Phi) is 5.86. The summed E-state index contributed by atoms with van der Waals surface area (Å²) in [6, 6.07) is 7.64. The number of likely N-dealkylation sites (N-methyl/N-ethyl adjacent to an activating group) is 1. The number of nitrogens with zero attached hydrogens (tertiary/aromatic N) is 1. The van der Waals surface area contributed by atoms with E-state index in [1.54, 1.807) is 14.2 Å². The highest BCUT2D eigenvalue weighted by atomic mass is 16.5. The molecule has 0 bridgehead atoms. The number of hydrogen-bond donors (Lipinski definition) is 1. The van der Waals surface area contributed by atoms with Crippen molar-refractivity contribution >= 4 is 11.9 Å². The Balaban J connectivity index is 2.14. The molecule has 24 heavy (non-hydrogen) atoms. The van der Waals surface area contributed by atoms with E-state index in [-0.39, 0.29) is 18.2 Å². The Morgan fingerprint density at radius 1 is 1.25 bits per heavy atom. The maximum atomic E-state index is 12.8. The van der Waals surface area contributed by atoms with Gasteiger partial charge in [-0.25, -0.2) is 4.79 Å². The highest BCUT2D eigenvalue weighted by molar-refractivity contribution is 5.87. The summed E-state index contributed by atoms with van der Waals surface area (Å²) < 4.78 is 5.36. The van der Waals surface area contributed by atoms with Crippen LogP contribution in [0.15, 0.2) is 24.3 Å². The van der Waals surface area contributed by atoms with Crippen molar-refractivity contribution in [1.29, 1.82) is 0 Å². The summed E-state index contributed by atoms with van der Waals surface area (Å²) in [6.07, 6.45) is 4.08. The van der Waals surface area contributed by atoms with Crippen LogP contribution in [-0.4, -0.2) is 41.6 Å². The van der Waals surface area contributed by atoms with Crippen molar-refractivity contribution in [2.45, 2.75) is 56.9 Å². The predicted octanol–water partition coefficient (Wildman–Crippen LogP) is 3.43. The largest absolute Gasteiger partial charge is 0.496 e. The number of methoxy groups -OCH3 is 1. The number of amides is 1. The normalized spacial score (nSPS) is 17.8. The third kappa shape index (κ3) is 3.55. The lowest BCUT2D eigenvalue weighted by Crippen LogP contribution is -2.56. The minimum Gasteiger partial charge on any atom is -0.496 e. The van der Waals surface area contributed by atoms with Crippen LogP contribution >= 0.6 is 0 Å². The van der Waals surface area contributed by atoms with Crippen LogP contribution in [0.2, 0.25) is 0 Å². The first-order chi connectivity index (χ1) is 11.4. The second-order valence-electron chi connectivity index (χ2n) is 6.70. The van der Waals surface area contributed by atoms with Crippen molar-refractivity contribution in [2.24, 2.45) is 0 Å². The summed E-state index contributed by atoms with van der Waals surface area (Å²) in [5.74, 6) is -0.294.